The summed E-state index contributed by atoms with van der Waals surface area (Å²) in [5.41, 5.74) is 6.16. The van der Waals surface area contributed by atoms with Crippen molar-refractivity contribution in [2.75, 3.05) is 13.2 Å². The number of hydrogen-bond donors (Lipinski definition) is 1. The first-order valence-corrected chi connectivity index (χ1v) is 4.96. The Balaban J connectivity index is 2.80. The number of rotatable bonds is 5. The van der Waals surface area contributed by atoms with Gasteiger partial charge in [-0.05, 0) is 36.7 Å². The molecule has 1 rings (SSSR count). The average molecular weight is 230 g/mol. The SMILES string of the molecule is C=C(Cl)COc1ccc(F)cc1CCN. The molecule has 2 N–H and O–H groups in total. The lowest BCUT2D eigenvalue weighted by atomic mass is 10.1. The fourth-order valence-corrected chi connectivity index (χ4v) is 1.25. The Labute approximate surface area is 93.5 Å². The Bertz CT molecular complexity index is 354. The van der Waals surface area contributed by atoms with Crippen molar-refractivity contribution in [3.05, 3.63) is 41.2 Å². The Morgan fingerprint density at radius 2 is 2.27 bits per heavy atom. The first-order valence-electron chi connectivity index (χ1n) is 4.58. The lowest BCUT2D eigenvalue weighted by Gasteiger charge is -2.10. The highest BCUT2D eigenvalue weighted by Gasteiger charge is 2.05. The monoisotopic (exact) mass is 229 g/mol. The van der Waals surface area contributed by atoms with Crippen molar-refractivity contribution < 1.29 is 9.13 Å². The van der Waals surface area contributed by atoms with Gasteiger partial charge in [0.1, 0.15) is 18.2 Å². The van der Waals surface area contributed by atoms with Crippen LogP contribution in [0.4, 0.5) is 4.39 Å². The second-order valence-corrected chi connectivity index (χ2v) is 3.63. The molecule has 0 amide bonds. The van der Waals surface area contributed by atoms with Crippen LogP contribution in [-0.2, 0) is 6.42 Å². The highest BCUT2D eigenvalue weighted by atomic mass is 35.5. The Morgan fingerprint density at radius 3 is 2.87 bits per heavy atom. The third-order valence-corrected chi connectivity index (χ3v) is 1.93. The van der Waals surface area contributed by atoms with E-state index in [9.17, 15) is 4.39 Å². The van der Waals surface area contributed by atoms with Crippen LogP contribution in [0.25, 0.3) is 0 Å². The zero-order valence-electron chi connectivity index (χ0n) is 8.30. The average Bonchev–Trinajstić information content (AvgIpc) is 2.17. The normalized spacial score (nSPS) is 10.1. The third-order valence-electron chi connectivity index (χ3n) is 1.82. The molecule has 0 heterocycles. The van der Waals surface area contributed by atoms with Gasteiger partial charge < -0.3 is 10.5 Å². The van der Waals surface area contributed by atoms with Crippen molar-refractivity contribution in [3.63, 3.8) is 0 Å². The maximum absolute atomic E-state index is 12.9. The van der Waals surface area contributed by atoms with E-state index in [0.717, 1.165) is 5.56 Å². The molecule has 0 spiro atoms. The van der Waals surface area contributed by atoms with E-state index in [-0.39, 0.29) is 12.4 Å². The molecule has 82 valence electrons. The number of hydrogen-bond acceptors (Lipinski definition) is 2. The van der Waals surface area contributed by atoms with Crippen molar-refractivity contribution in [1.29, 1.82) is 0 Å². The minimum atomic E-state index is -0.296. The van der Waals surface area contributed by atoms with E-state index in [2.05, 4.69) is 6.58 Å². The Hall–Kier alpha value is -1.06. The van der Waals surface area contributed by atoms with Crippen LogP contribution in [0.5, 0.6) is 5.75 Å². The molecule has 0 atom stereocenters. The van der Waals surface area contributed by atoms with Crippen LogP contribution < -0.4 is 10.5 Å². The number of halogens is 2. The molecule has 0 saturated carbocycles. The predicted molar refractivity (Wildman–Crippen MR) is 59.6 cm³/mol. The Morgan fingerprint density at radius 1 is 1.53 bits per heavy atom. The summed E-state index contributed by atoms with van der Waals surface area (Å²) >= 11 is 5.57. The fourth-order valence-electron chi connectivity index (χ4n) is 1.20. The van der Waals surface area contributed by atoms with Gasteiger partial charge in [0.25, 0.3) is 0 Å². The van der Waals surface area contributed by atoms with E-state index in [0.29, 0.717) is 23.7 Å². The minimum absolute atomic E-state index is 0.213. The largest absolute Gasteiger partial charge is 0.488 e. The number of ether oxygens (including phenoxy) is 1. The Kier molecular flexibility index (Phi) is 4.59. The molecule has 4 heteroatoms. The highest BCUT2D eigenvalue weighted by molar-refractivity contribution is 6.29. The second kappa shape index (κ2) is 5.73. The van der Waals surface area contributed by atoms with E-state index in [1.807, 2.05) is 0 Å². The summed E-state index contributed by atoms with van der Waals surface area (Å²) in [4.78, 5) is 0. The zero-order chi connectivity index (χ0) is 11.3. The molecule has 0 aliphatic rings. The molecule has 0 radical (unpaired) electrons. The van der Waals surface area contributed by atoms with Crippen molar-refractivity contribution in [3.8, 4) is 5.75 Å². The topological polar surface area (TPSA) is 35.2 Å². The summed E-state index contributed by atoms with van der Waals surface area (Å²) in [6.07, 6.45) is 0.571. The minimum Gasteiger partial charge on any atom is -0.488 e. The van der Waals surface area contributed by atoms with E-state index < -0.39 is 0 Å². The molecular formula is C11H13ClFNO. The van der Waals surface area contributed by atoms with Crippen LogP contribution in [-0.4, -0.2) is 13.2 Å². The molecule has 0 bridgehead atoms. The summed E-state index contributed by atoms with van der Waals surface area (Å²) < 4.78 is 18.3. The first kappa shape index (κ1) is 12.0. The van der Waals surface area contributed by atoms with Crippen LogP contribution in [0, 0.1) is 5.82 Å². The van der Waals surface area contributed by atoms with Crippen molar-refractivity contribution in [1.82, 2.24) is 0 Å². The molecule has 0 unspecified atom stereocenters. The van der Waals surface area contributed by atoms with Crippen molar-refractivity contribution in [2.24, 2.45) is 5.73 Å². The van der Waals surface area contributed by atoms with Gasteiger partial charge in [0.05, 0.1) is 0 Å². The smallest absolute Gasteiger partial charge is 0.123 e. The van der Waals surface area contributed by atoms with Gasteiger partial charge >= 0.3 is 0 Å². The van der Waals surface area contributed by atoms with Crippen LogP contribution in [0.1, 0.15) is 5.56 Å². The van der Waals surface area contributed by atoms with Crippen LogP contribution in [0.2, 0.25) is 0 Å². The van der Waals surface area contributed by atoms with Gasteiger partial charge in [-0.1, -0.05) is 18.2 Å². The van der Waals surface area contributed by atoms with Gasteiger partial charge in [-0.15, -0.1) is 0 Å². The quantitative estimate of drug-likeness (QED) is 0.842. The molecular weight excluding hydrogens is 217 g/mol. The van der Waals surface area contributed by atoms with E-state index in [1.165, 1.54) is 12.1 Å². The number of nitrogens with two attached hydrogens (primary N) is 1. The first-order chi connectivity index (χ1) is 7.13. The van der Waals surface area contributed by atoms with E-state index in [4.69, 9.17) is 22.1 Å². The standard InChI is InChI=1S/C11H13ClFNO/c1-8(12)7-15-11-3-2-10(13)6-9(11)4-5-14/h2-3,6H,1,4-5,7,14H2. The van der Waals surface area contributed by atoms with Gasteiger partial charge in [0.15, 0.2) is 0 Å². The molecule has 15 heavy (non-hydrogen) atoms. The summed E-state index contributed by atoms with van der Waals surface area (Å²) in [6.45, 7) is 4.16. The summed E-state index contributed by atoms with van der Waals surface area (Å²) in [6, 6.07) is 4.33. The lowest BCUT2D eigenvalue weighted by molar-refractivity contribution is 0.354. The molecule has 2 nitrogen and oxygen atoms in total. The summed E-state index contributed by atoms with van der Waals surface area (Å²) in [5, 5.41) is 0.401. The summed E-state index contributed by atoms with van der Waals surface area (Å²) in [5.74, 6) is 0.305. The molecule has 0 saturated heterocycles. The maximum Gasteiger partial charge on any atom is 0.123 e. The van der Waals surface area contributed by atoms with Crippen LogP contribution in [0.15, 0.2) is 29.8 Å². The molecule has 0 aliphatic heterocycles. The zero-order valence-corrected chi connectivity index (χ0v) is 9.06. The lowest BCUT2D eigenvalue weighted by Crippen LogP contribution is -2.06. The molecule has 0 aliphatic carbocycles. The van der Waals surface area contributed by atoms with Gasteiger partial charge in [0, 0.05) is 5.03 Å². The maximum atomic E-state index is 12.9. The second-order valence-electron chi connectivity index (χ2n) is 3.10. The van der Waals surface area contributed by atoms with Crippen molar-refractivity contribution >= 4 is 11.6 Å². The summed E-state index contributed by atoms with van der Waals surface area (Å²) in [7, 11) is 0. The van der Waals surface area contributed by atoms with Gasteiger partial charge in [0.2, 0.25) is 0 Å². The van der Waals surface area contributed by atoms with E-state index in [1.54, 1.807) is 6.07 Å². The number of benzene rings is 1. The highest BCUT2D eigenvalue weighted by Crippen LogP contribution is 2.20. The molecule has 1 aromatic carbocycles. The van der Waals surface area contributed by atoms with Gasteiger partial charge in [-0.3, -0.25) is 0 Å². The van der Waals surface area contributed by atoms with Crippen molar-refractivity contribution in [2.45, 2.75) is 6.42 Å². The molecule has 0 aromatic heterocycles. The van der Waals surface area contributed by atoms with E-state index >= 15 is 0 Å². The fraction of sp³-hybridized carbons (Fsp3) is 0.273. The van der Waals surface area contributed by atoms with Crippen LogP contribution >= 0.6 is 11.6 Å². The van der Waals surface area contributed by atoms with Crippen LogP contribution in [0.3, 0.4) is 0 Å². The molecule has 1 aromatic rings. The predicted octanol–water partition coefficient (Wildman–Crippen LogP) is 2.46. The third kappa shape index (κ3) is 3.90. The molecule has 0 fully saturated rings. The van der Waals surface area contributed by atoms with Gasteiger partial charge in [-0.2, -0.15) is 0 Å². The van der Waals surface area contributed by atoms with Gasteiger partial charge in [-0.25, -0.2) is 4.39 Å².